The molecule has 0 amide bonds. The van der Waals surface area contributed by atoms with Crippen molar-refractivity contribution in [1.29, 1.82) is 0 Å². The van der Waals surface area contributed by atoms with E-state index in [1.54, 1.807) is 31.2 Å². The van der Waals surface area contributed by atoms with Gasteiger partial charge in [-0.1, -0.05) is 22.0 Å². The second-order valence-electron chi connectivity index (χ2n) is 5.46. The molecule has 0 aliphatic rings. The summed E-state index contributed by atoms with van der Waals surface area (Å²) in [6, 6.07) is 12.6. The molecule has 0 aliphatic heterocycles. The number of fused-ring (bicyclic) bond motifs is 1. The van der Waals surface area contributed by atoms with Gasteiger partial charge in [-0.05, 0) is 49.4 Å². The van der Waals surface area contributed by atoms with Crippen LogP contribution in [0, 0.1) is 6.92 Å². The maximum absolute atomic E-state index is 11.2. The van der Waals surface area contributed by atoms with Crippen LogP contribution in [-0.2, 0) is 0 Å². The Morgan fingerprint density at radius 1 is 1.20 bits per heavy atom. The van der Waals surface area contributed by atoms with E-state index in [0.717, 1.165) is 10.9 Å². The molecule has 0 atom stereocenters. The second kappa shape index (κ2) is 5.71. The number of nitrogens with zero attached hydrogens (tertiary/aromatic N) is 4. The van der Waals surface area contributed by atoms with Crippen LogP contribution in [0.2, 0.25) is 5.02 Å². The lowest BCUT2D eigenvalue weighted by Crippen LogP contribution is -2.02. The first-order valence-corrected chi connectivity index (χ1v) is 7.74. The molecule has 4 aromatic rings. The minimum absolute atomic E-state index is 0.0802. The zero-order chi connectivity index (χ0) is 17.6. The average Bonchev–Trinajstić information content (AvgIpc) is 3.18. The van der Waals surface area contributed by atoms with E-state index in [1.807, 2.05) is 18.2 Å². The summed E-state index contributed by atoms with van der Waals surface area (Å²) in [5.74, 6) is -0.513. The van der Waals surface area contributed by atoms with Crippen molar-refractivity contribution < 1.29 is 14.4 Å². The fourth-order valence-electron chi connectivity index (χ4n) is 2.64. The quantitative estimate of drug-likeness (QED) is 0.602. The van der Waals surface area contributed by atoms with E-state index in [4.69, 9.17) is 21.2 Å². The van der Waals surface area contributed by atoms with Gasteiger partial charge in [0.15, 0.2) is 11.5 Å². The van der Waals surface area contributed by atoms with Gasteiger partial charge >= 0.3 is 5.97 Å². The molecule has 0 unspecified atom stereocenters. The van der Waals surface area contributed by atoms with E-state index in [-0.39, 0.29) is 5.69 Å². The number of hydrogen-bond acceptors (Lipinski definition) is 5. The lowest BCUT2D eigenvalue weighted by molar-refractivity contribution is 0.0689. The Morgan fingerprint density at radius 2 is 1.96 bits per heavy atom. The van der Waals surface area contributed by atoms with Crippen molar-refractivity contribution in [1.82, 2.24) is 20.2 Å². The van der Waals surface area contributed by atoms with Gasteiger partial charge in [-0.2, -0.15) is 0 Å². The predicted octanol–water partition coefficient (Wildman–Crippen LogP) is 3.74. The molecule has 0 saturated heterocycles. The average molecular weight is 355 g/mol. The molecule has 25 heavy (non-hydrogen) atoms. The van der Waals surface area contributed by atoms with Crippen molar-refractivity contribution in [2.24, 2.45) is 0 Å². The Balaban J connectivity index is 1.86. The molecule has 1 N–H and O–H groups in total. The summed E-state index contributed by atoms with van der Waals surface area (Å²) in [5, 5.41) is 22.2. The smallest absolute Gasteiger partial charge is 0.358 e. The van der Waals surface area contributed by atoms with Gasteiger partial charge < -0.3 is 9.63 Å². The number of hydrogen-bond donors (Lipinski definition) is 1. The highest BCUT2D eigenvalue weighted by atomic mass is 35.5. The molecule has 4 rings (SSSR count). The lowest BCUT2D eigenvalue weighted by Gasteiger charge is -2.03. The molecule has 0 fully saturated rings. The number of aromatic carboxylic acids is 1. The summed E-state index contributed by atoms with van der Waals surface area (Å²) >= 11 is 5.93. The van der Waals surface area contributed by atoms with Crippen LogP contribution >= 0.6 is 11.6 Å². The van der Waals surface area contributed by atoms with Crippen LogP contribution in [0.1, 0.15) is 16.2 Å². The third-order valence-corrected chi connectivity index (χ3v) is 4.16. The topological polar surface area (TPSA) is 94.0 Å². The molecule has 0 bridgehead atoms. The summed E-state index contributed by atoms with van der Waals surface area (Å²) in [7, 11) is 0. The number of rotatable bonds is 3. The molecule has 0 radical (unpaired) electrons. The highest BCUT2D eigenvalue weighted by Gasteiger charge is 2.18. The number of aromatic nitrogens is 4. The van der Waals surface area contributed by atoms with Crippen molar-refractivity contribution in [2.75, 3.05) is 0 Å². The molecule has 2 heterocycles. The molecule has 2 aromatic carbocycles. The van der Waals surface area contributed by atoms with Gasteiger partial charge in [0.25, 0.3) is 0 Å². The van der Waals surface area contributed by atoms with Gasteiger partial charge in [-0.3, -0.25) is 0 Å². The molecular weight excluding hydrogens is 344 g/mol. The lowest BCUT2D eigenvalue weighted by atomic mass is 10.1. The van der Waals surface area contributed by atoms with E-state index < -0.39 is 5.97 Å². The van der Waals surface area contributed by atoms with Crippen LogP contribution in [0.15, 0.2) is 47.0 Å². The van der Waals surface area contributed by atoms with Crippen molar-refractivity contribution in [2.45, 2.75) is 6.92 Å². The number of carboxylic acid groups (broad SMARTS) is 1. The molecule has 0 saturated carbocycles. The minimum atomic E-state index is -1.11. The summed E-state index contributed by atoms with van der Waals surface area (Å²) in [6.45, 7) is 1.65. The summed E-state index contributed by atoms with van der Waals surface area (Å²) < 4.78 is 6.95. The van der Waals surface area contributed by atoms with Crippen LogP contribution < -0.4 is 0 Å². The Kier molecular flexibility index (Phi) is 3.51. The van der Waals surface area contributed by atoms with Gasteiger partial charge in [0.1, 0.15) is 5.52 Å². The standard InChI is InChI=1S/C17H11ClN4O3/c1-9-15(17(23)24)19-21-22(9)12-6-7-14-13(8-12)16(25-20-14)10-2-4-11(18)5-3-10/h2-8H,1H3,(H,23,24). The molecule has 124 valence electrons. The van der Waals surface area contributed by atoms with Gasteiger partial charge in [-0.25, -0.2) is 9.48 Å². The van der Waals surface area contributed by atoms with E-state index >= 15 is 0 Å². The molecule has 0 aliphatic carbocycles. The maximum atomic E-state index is 11.2. The third-order valence-electron chi connectivity index (χ3n) is 3.91. The van der Waals surface area contributed by atoms with Gasteiger partial charge in [0, 0.05) is 10.6 Å². The van der Waals surface area contributed by atoms with Crippen molar-refractivity contribution >= 4 is 28.5 Å². The number of carboxylic acids is 1. The highest BCUT2D eigenvalue weighted by molar-refractivity contribution is 6.30. The van der Waals surface area contributed by atoms with E-state index in [0.29, 0.717) is 27.7 Å². The summed E-state index contributed by atoms with van der Waals surface area (Å²) in [5.41, 5.74) is 2.55. The first kappa shape index (κ1) is 15.3. The molecule has 2 aromatic heterocycles. The highest BCUT2D eigenvalue weighted by Crippen LogP contribution is 2.31. The van der Waals surface area contributed by atoms with Gasteiger partial charge in [0.2, 0.25) is 0 Å². The van der Waals surface area contributed by atoms with Crippen molar-refractivity contribution in [3.8, 4) is 17.0 Å². The van der Waals surface area contributed by atoms with E-state index in [2.05, 4.69) is 15.5 Å². The molecular formula is C17H11ClN4O3. The van der Waals surface area contributed by atoms with Crippen LogP contribution in [0.25, 0.3) is 27.9 Å². The Morgan fingerprint density at radius 3 is 2.64 bits per heavy atom. The van der Waals surface area contributed by atoms with E-state index in [1.165, 1.54) is 4.68 Å². The van der Waals surface area contributed by atoms with Crippen molar-refractivity contribution in [3.05, 3.63) is 58.9 Å². The zero-order valence-corrected chi connectivity index (χ0v) is 13.7. The van der Waals surface area contributed by atoms with Crippen molar-refractivity contribution in [3.63, 3.8) is 0 Å². The molecule has 7 nitrogen and oxygen atoms in total. The number of benzene rings is 2. The van der Waals surface area contributed by atoms with Crippen LogP contribution in [-0.4, -0.2) is 31.2 Å². The number of carbonyl (C=O) groups is 1. The Hall–Kier alpha value is -3.19. The first-order valence-electron chi connectivity index (χ1n) is 7.36. The minimum Gasteiger partial charge on any atom is -0.476 e. The number of halogens is 1. The molecule has 8 heteroatoms. The fraction of sp³-hybridized carbons (Fsp3) is 0.0588. The molecule has 0 spiro atoms. The van der Waals surface area contributed by atoms with Crippen LogP contribution in [0.3, 0.4) is 0 Å². The van der Waals surface area contributed by atoms with Gasteiger partial charge in [0.05, 0.1) is 16.8 Å². The summed E-state index contributed by atoms with van der Waals surface area (Å²) in [6.07, 6.45) is 0. The monoisotopic (exact) mass is 354 g/mol. The van der Waals surface area contributed by atoms with E-state index in [9.17, 15) is 4.79 Å². The SMILES string of the molecule is Cc1c(C(=O)O)nnn1-c1ccc2noc(-c3ccc(Cl)cc3)c2c1. The zero-order valence-electron chi connectivity index (χ0n) is 13.0. The maximum Gasteiger partial charge on any atom is 0.358 e. The van der Waals surface area contributed by atoms with Crippen LogP contribution in [0.4, 0.5) is 0 Å². The van der Waals surface area contributed by atoms with Crippen LogP contribution in [0.5, 0.6) is 0 Å². The first-order chi connectivity index (χ1) is 12.0. The normalized spacial score (nSPS) is 11.1. The Labute approximate surface area is 146 Å². The Bertz CT molecular complexity index is 1100. The summed E-state index contributed by atoms with van der Waals surface area (Å²) in [4.78, 5) is 11.2. The predicted molar refractivity (Wildman–Crippen MR) is 91.1 cm³/mol. The van der Waals surface area contributed by atoms with Gasteiger partial charge in [-0.15, -0.1) is 5.10 Å². The third kappa shape index (κ3) is 2.54. The second-order valence-corrected chi connectivity index (χ2v) is 5.90. The fourth-order valence-corrected chi connectivity index (χ4v) is 2.77. The largest absolute Gasteiger partial charge is 0.476 e.